The van der Waals surface area contributed by atoms with Crippen molar-refractivity contribution in [2.45, 2.75) is 18.8 Å². The highest BCUT2D eigenvalue weighted by atomic mass is 16.1. The number of nitrogens with one attached hydrogen (secondary N) is 1. The summed E-state index contributed by atoms with van der Waals surface area (Å²) in [7, 11) is 2.17. The van der Waals surface area contributed by atoms with Gasteiger partial charge in [-0.3, -0.25) is 4.79 Å². The number of carbonyl (C=O) groups is 1. The number of rotatable bonds is 5. The molecule has 1 saturated carbocycles. The summed E-state index contributed by atoms with van der Waals surface area (Å²) in [6, 6.07) is 18.5. The first kappa shape index (κ1) is 17.1. The quantitative estimate of drug-likeness (QED) is 0.896. The van der Waals surface area contributed by atoms with Gasteiger partial charge in [-0.25, -0.2) is 0 Å². The van der Waals surface area contributed by atoms with E-state index in [1.807, 2.05) is 30.3 Å². The molecule has 1 atom stereocenters. The van der Waals surface area contributed by atoms with E-state index < -0.39 is 0 Å². The van der Waals surface area contributed by atoms with Crippen LogP contribution in [0.5, 0.6) is 0 Å². The van der Waals surface area contributed by atoms with Crippen molar-refractivity contribution < 1.29 is 4.79 Å². The van der Waals surface area contributed by atoms with Gasteiger partial charge in [0.05, 0.1) is 5.92 Å². The van der Waals surface area contributed by atoms with Gasteiger partial charge in [-0.1, -0.05) is 30.3 Å². The summed E-state index contributed by atoms with van der Waals surface area (Å²) >= 11 is 0. The smallest absolute Gasteiger partial charge is 0.232 e. The van der Waals surface area contributed by atoms with Crippen LogP contribution in [0.25, 0.3) is 0 Å². The lowest BCUT2D eigenvalue weighted by Gasteiger charge is -2.34. The first-order chi connectivity index (χ1) is 12.7. The number of anilines is 2. The highest BCUT2D eigenvalue weighted by Gasteiger charge is 2.37. The van der Waals surface area contributed by atoms with E-state index in [9.17, 15) is 4.79 Å². The molecule has 0 radical (unpaired) electrons. The lowest BCUT2D eigenvalue weighted by Crippen LogP contribution is -2.44. The molecular weight excluding hydrogens is 322 g/mol. The zero-order valence-corrected chi connectivity index (χ0v) is 15.4. The number of likely N-dealkylation sites (N-methyl/N-ethyl adjacent to an activating group) is 1. The second-order valence-electron chi connectivity index (χ2n) is 7.55. The van der Waals surface area contributed by atoms with Crippen molar-refractivity contribution in [1.29, 1.82) is 0 Å². The number of nitrogens with zero attached hydrogens (tertiary/aromatic N) is 2. The Hall–Kier alpha value is -2.33. The number of benzene rings is 2. The Labute approximate surface area is 155 Å². The highest BCUT2D eigenvalue weighted by molar-refractivity contribution is 5.96. The molecule has 1 N–H and O–H groups in total. The van der Waals surface area contributed by atoms with Crippen LogP contribution < -0.4 is 10.2 Å². The molecule has 2 aromatic rings. The maximum absolute atomic E-state index is 12.9. The van der Waals surface area contributed by atoms with E-state index in [0.29, 0.717) is 5.92 Å². The van der Waals surface area contributed by atoms with Crippen molar-refractivity contribution in [3.63, 3.8) is 0 Å². The molecule has 4 nitrogen and oxygen atoms in total. The zero-order chi connectivity index (χ0) is 17.9. The van der Waals surface area contributed by atoms with Crippen LogP contribution in [0.1, 0.15) is 24.3 Å². The largest absolute Gasteiger partial charge is 0.369 e. The monoisotopic (exact) mass is 349 g/mol. The fourth-order valence-electron chi connectivity index (χ4n) is 3.77. The number of hydrogen-bond donors (Lipinski definition) is 1. The van der Waals surface area contributed by atoms with Crippen LogP contribution in [-0.2, 0) is 4.79 Å². The maximum Gasteiger partial charge on any atom is 0.232 e. The molecule has 2 fully saturated rings. The predicted molar refractivity (Wildman–Crippen MR) is 107 cm³/mol. The Kier molecular flexibility index (Phi) is 4.93. The summed E-state index contributed by atoms with van der Waals surface area (Å²) in [5.74, 6) is 0.571. The van der Waals surface area contributed by atoms with Crippen molar-refractivity contribution >= 4 is 17.3 Å². The number of carbonyl (C=O) groups excluding carboxylic acids is 1. The summed E-state index contributed by atoms with van der Waals surface area (Å²) in [5.41, 5.74) is 3.24. The van der Waals surface area contributed by atoms with Crippen LogP contribution in [0.15, 0.2) is 54.6 Å². The SMILES string of the molecule is CN1CCN(c2ccc(NC(=O)C(c3ccccc3)C3CC3)cc2)CC1. The molecule has 136 valence electrons. The fourth-order valence-corrected chi connectivity index (χ4v) is 3.77. The van der Waals surface area contributed by atoms with Gasteiger partial charge in [-0.2, -0.15) is 0 Å². The minimum absolute atomic E-state index is 0.0338. The third-order valence-corrected chi connectivity index (χ3v) is 5.54. The van der Waals surface area contributed by atoms with E-state index in [-0.39, 0.29) is 11.8 Å². The normalized spacial score (nSPS) is 19.2. The lowest BCUT2D eigenvalue weighted by molar-refractivity contribution is -0.118. The van der Waals surface area contributed by atoms with Gasteiger partial charge in [0.25, 0.3) is 0 Å². The molecule has 1 saturated heterocycles. The van der Waals surface area contributed by atoms with E-state index in [4.69, 9.17) is 0 Å². The minimum atomic E-state index is -0.0338. The standard InChI is InChI=1S/C22H27N3O/c1-24-13-15-25(16-14-24)20-11-9-19(10-12-20)23-22(26)21(18-7-8-18)17-5-3-2-4-6-17/h2-6,9-12,18,21H,7-8,13-16H2,1H3,(H,23,26). The summed E-state index contributed by atoms with van der Waals surface area (Å²) in [5, 5.41) is 3.13. The first-order valence-electron chi connectivity index (χ1n) is 9.60. The molecule has 4 rings (SSSR count). The molecule has 1 aliphatic carbocycles. The van der Waals surface area contributed by atoms with Crippen molar-refractivity contribution in [2.75, 3.05) is 43.4 Å². The third-order valence-electron chi connectivity index (χ3n) is 5.54. The highest BCUT2D eigenvalue weighted by Crippen LogP contribution is 2.43. The zero-order valence-electron chi connectivity index (χ0n) is 15.4. The second kappa shape index (κ2) is 7.50. The van der Waals surface area contributed by atoms with E-state index in [2.05, 4.69) is 46.4 Å². The van der Waals surface area contributed by atoms with Gasteiger partial charge in [-0.05, 0) is 55.6 Å². The minimum Gasteiger partial charge on any atom is -0.369 e. The van der Waals surface area contributed by atoms with Crippen LogP contribution in [0, 0.1) is 5.92 Å². The molecule has 0 aromatic heterocycles. The predicted octanol–water partition coefficient (Wildman–Crippen LogP) is 3.57. The average Bonchev–Trinajstić information content (AvgIpc) is 3.49. The molecule has 4 heteroatoms. The van der Waals surface area contributed by atoms with Gasteiger partial charge in [0.1, 0.15) is 0 Å². The van der Waals surface area contributed by atoms with Crippen LogP contribution in [-0.4, -0.2) is 44.0 Å². The molecule has 1 amide bonds. The van der Waals surface area contributed by atoms with Crippen molar-refractivity contribution in [1.82, 2.24) is 4.90 Å². The summed E-state index contributed by atoms with van der Waals surface area (Å²) in [6.45, 7) is 4.30. The van der Waals surface area contributed by atoms with Gasteiger partial charge < -0.3 is 15.1 Å². The van der Waals surface area contributed by atoms with Crippen LogP contribution in [0.2, 0.25) is 0 Å². The Morgan fingerprint density at radius 3 is 2.23 bits per heavy atom. The number of hydrogen-bond acceptors (Lipinski definition) is 3. The molecule has 1 aliphatic heterocycles. The Balaban J connectivity index is 1.42. The molecule has 1 unspecified atom stereocenters. The third kappa shape index (κ3) is 3.91. The first-order valence-corrected chi connectivity index (χ1v) is 9.60. The fraction of sp³-hybridized carbons (Fsp3) is 0.409. The maximum atomic E-state index is 12.9. The molecule has 2 aliphatic rings. The summed E-state index contributed by atoms with van der Waals surface area (Å²) < 4.78 is 0. The van der Waals surface area contributed by atoms with Crippen LogP contribution >= 0.6 is 0 Å². The number of amides is 1. The van der Waals surface area contributed by atoms with Crippen LogP contribution in [0.3, 0.4) is 0 Å². The van der Waals surface area contributed by atoms with Crippen LogP contribution in [0.4, 0.5) is 11.4 Å². The van der Waals surface area contributed by atoms with E-state index in [0.717, 1.165) is 50.3 Å². The van der Waals surface area contributed by atoms with E-state index >= 15 is 0 Å². The van der Waals surface area contributed by atoms with Gasteiger partial charge >= 0.3 is 0 Å². The summed E-state index contributed by atoms with van der Waals surface area (Å²) in [4.78, 5) is 17.6. The lowest BCUT2D eigenvalue weighted by atomic mass is 9.93. The Morgan fingerprint density at radius 2 is 1.62 bits per heavy atom. The molecule has 0 bridgehead atoms. The molecule has 2 aromatic carbocycles. The Bertz CT molecular complexity index is 732. The van der Waals surface area contributed by atoms with Gasteiger partial charge in [0.15, 0.2) is 0 Å². The van der Waals surface area contributed by atoms with E-state index in [1.54, 1.807) is 0 Å². The molecule has 1 heterocycles. The van der Waals surface area contributed by atoms with Gasteiger partial charge in [0.2, 0.25) is 5.91 Å². The van der Waals surface area contributed by atoms with E-state index in [1.165, 1.54) is 5.69 Å². The van der Waals surface area contributed by atoms with Crippen molar-refractivity contribution in [3.8, 4) is 0 Å². The van der Waals surface area contributed by atoms with Gasteiger partial charge in [0, 0.05) is 37.6 Å². The van der Waals surface area contributed by atoms with Crippen molar-refractivity contribution in [3.05, 3.63) is 60.2 Å². The van der Waals surface area contributed by atoms with Gasteiger partial charge in [-0.15, -0.1) is 0 Å². The molecule has 26 heavy (non-hydrogen) atoms. The molecular formula is C22H27N3O. The van der Waals surface area contributed by atoms with Crippen molar-refractivity contribution in [2.24, 2.45) is 5.92 Å². The topological polar surface area (TPSA) is 35.6 Å². The second-order valence-corrected chi connectivity index (χ2v) is 7.55. The average molecular weight is 349 g/mol. The summed E-state index contributed by atoms with van der Waals surface area (Å²) in [6.07, 6.45) is 2.30. The number of piperazine rings is 1. The Morgan fingerprint density at radius 1 is 0.962 bits per heavy atom. The molecule has 0 spiro atoms.